The standard InChI is InChI=1S/C15H19NO4S/c17-15(9-12-10-21(18,19)8-7-16-12)11-1-3-13(4-2-11)20-14-5-6-14/h1-4,12,14,16H,5-10H2. The second kappa shape index (κ2) is 5.77. The summed E-state index contributed by atoms with van der Waals surface area (Å²) in [7, 11) is -3.01. The Bertz CT molecular complexity index is 620. The average Bonchev–Trinajstić information content (AvgIpc) is 3.22. The van der Waals surface area contributed by atoms with Crippen molar-refractivity contribution in [2.45, 2.75) is 31.4 Å². The van der Waals surface area contributed by atoms with Gasteiger partial charge in [0.15, 0.2) is 15.6 Å². The number of ether oxygens (including phenoxy) is 1. The number of Topliss-reactive ketones (excluding diaryl/α,β-unsaturated/α-hetero) is 1. The molecule has 0 aromatic heterocycles. The highest BCUT2D eigenvalue weighted by atomic mass is 32.2. The highest BCUT2D eigenvalue weighted by molar-refractivity contribution is 7.91. The number of hydrogen-bond acceptors (Lipinski definition) is 5. The number of carbonyl (C=O) groups excluding carboxylic acids is 1. The van der Waals surface area contributed by atoms with E-state index >= 15 is 0 Å². The van der Waals surface area contributed by atoms with E-state index in [9.17, 15) is 13.2 Å². The van der Waals surface area contributed by atoms with E-state index in [-0.39, 0.29) is 29.8 Å². The molecule has 0 amide bonds. The molecular weight excluding hydrogens is 290 g/mol. The number of rotatable bonds is 5. The summed E-state index contributed by atoms with van der Waals surface area (Å²) in [5, 5.41) is 3.10. The zero-order valence-corrected chi connectivity index (χ0v) is 12.6. The second-order valence-electron chi connectivity index (χ2n) is 5.73. The number of sulfone groups is 1. The molecule has 1 heterocycles. The van der Waals surface area contributed by atoms with Gasteiger partial charge in [0.05, 0.1) is 17.6 Å². The zero-order chi connectivity index (χ0) is 14.9. The molecular formula is C15H19NO4S. The maximum absolute atomic E-state index is 12.2. The van der Waals surface area contributed by atoms with Crippen LogP contribution in [-0.4, -0.2) is 44.4 Å². The van der Waals surface area contributed by atoms with Gasteiger partial charge in [-0.2, -0.15) is 0 Å². The van der Waals surface area contributed by atoms with Gasteiger partial charge in [-0.1, -0.05) is 0 Å². The molecule has 1 saturated heterocycles. The maximum atomic E-state index is 12.2. The minimum Gasteiger partial charge on any atom is -0.490 e. The summed E-state index contributed by atoms with van der Waals surface area (Å²) < 4.78 is 28.8. The average molecular weight is 309 g/mol. The number of hydrogen-bond donors (Lipinski definition) is 1. The van der Waals surface area contributed by atoms with Crippen LogP contribution in [0.1, 0.15) is 29.6 Å². The minimum atomic E-state index is -3.01. The molecule has 5 nitrogen and oxygen atoms in total. The van der Waals surface area contributed by atoms with Crippen molar-refractivity contribution in [3.05, 3.63) is 29.8 Å². The second-order valence-corrected chi connectivity index (χ2v) is 7.96. The van der Waals surface area contributed by atoms with Crippen LogP contribution in [0.3, 0.4) is 0 Å². The van der Waals surface area contributed by atoms with E-state index in [4.69, 9.17) is 4.74 Å². The van der Waals surface area contributed by atoms with Crippen LogP contribution < -0.4 is 10.1 Å². The fraction of sp³-hybridized carbons (Fsp3) is 0.533. The summed E-state index contributed by atoms with van der Waals surface area (Å²) in [5.41, 5.74) is 0.600. The lowest BCUT2D eigenvalue weighted by Gasteiger charge is -2.23. The van der Waals surface area contributed by atoms with Crippen LogP contribution >= 0.6 is 0 Å². The lowest BCUT2D eigenvalue weighted by molar-refractivity contribution is 0.0972. The zero-order valence-electron chi connectivity index (χ0n) is 11.7. The Morgan fingerprint density at radius 3 is 2.57 bits per heavy atom. The monoisotopic (exact) mass is 309 g/mol. The van der Waals surface area contributed by atoms with Crippen molar-refractivity contribution in [2.75, 3.05) is 18.1 Å². The molecule has 6 heteroatoms. The van der Waals surface area contributed by atoms with Gasteiger partial charge in [-0.15, -0.1) is 0 Å². The molecule has 1 N–H and O–H groups in total. The van der Waals surface area contributed by atoms with Gasteiger partial charge in [-0.3, -0.25) is 4.79 Å². The molecule has 1 aliphatic carbocycles. The summed E-state index contributed by atoms with van der Waals surface area (Å²) in [6.45, 7) is 0.425. The first kappa shape index (κ1) is 14.5. The molecule has 1 atom stereocenters. The summed E-state index contributed by atoms with van der Waals surface area (Å²) in [4.78, 5) is 12.2. The molecule has 0 radical (unpaired) electrons. The quantitative estimate of drug-likeness (QED) is 0.827. The van der Waals surface area contributed by atoms with Gasteiger partial charge >= 0.3 is 0 Å². The van der Waals surface area contributed by atoms with Crippen molar-refractivity contribution < 1.29 is 17.9 Å². The molecule has 2 aliphatic rings. The van der Waals surface area contributed by atoms with E-state index in [2.05, 4.69) is 5.32 Å². The predicted octanol–water partition coefficient (Wildman–Crippen LogP) is 1.19. The lowest BCUT2D eigenvalue weighted by atomic mass is 10.0. The van der Waals surface area contributed by atoms with Gasteiger partial charge in [-0.25, -0.2) is 8.42 Å². The number of nitrogens with one attached hydrogen (secondary N) is 1. The SMILES string of the molecule is O=C(CC1CS(=O)(=O)CCN1)c1ccc(OC2CC2)cc1. The summed E-state index contributed by atoms with van der Waals surface area (Å²) >= 11 is 0. The van der Waals surface area contributed by atoms with Crippen molar-refractivity contribution >= 4 is 15.6 Å². The Balaban J connectivity index is 1.59. The van der Waals surface area contributed by atoms with E-state index in [1.54, 1.807) is 24.3 Å². The van der Waals surface area contributed by atoms with Crippen LogP contribution in [0, 0.1) is 0 Å². The maximum Gasteiger partial charge on any atom is 0.164 e. The first-order valence-electron chi connectivity index (χ1n) is 7.25. The van der Waals surface area contributed by atoms with E-state index in [0.717, 1.165) is 18.6 Å². The molecule has 1 aliphatic heterocycles. The molecule has 21 heavy (non-hydrogen) atoms. The molecule has 1 saturated carbocycles. The van der Waals surface area contributed by atoms with Gasteiger partial charge in [0.25, 0.3) is 0 Å². The van der Waals surface area contributed by atoms with Crippen molar-refractivity contribution in [2.24, 2.45) is 0 Å². The Labute approximate surface area is 124 Å². The van der Waals surface area contributed by atoms with Crippen molar-refractivity contribution in [1.29, 1.82) is 0 Å². The third-order valence-electron chi connectivity index (χ3n) is 3.74. The van der Waals surface area contributed by atoms with Gasteiger partial charge in [0, 0.05) is 24.6 Å². The van der Waals surface area contributed by atoms with Crippen molar-refractivity contribution in [3.8, 4) is 5.75 Å². The first-order chi connectivity index (χ1) is 10.0. The Morgan fingerprint density at radius 2 is 1.95 bits per heavy atom. The third-order valence-corrected chi connectivity index (χ3v) is 5.47. The summed E-state index contributed by atoms with van der Waals surface area (Å²) in [6.07, 6.45) is 2.75. The van der Waals surface area contributed by atoms with E-state index in [1.165, 1.54) is 0 Å². The normalized spacial score (nSPS) is 24.5. The third kappa shape index (κ3) is 4.04. The molecule has 1 aromatic rings. The summed E-state index contributed by atoms with van der Waals surface area (Å²) in [5.74, 6) is 0.946. The fourth-order valence-corrected chi connectivity index (χ4v) is 3.88. The van der Waals surface area contributed by atoms with Gasteiger partial charge in [0.1, 0.15) is 5.75 Å². The molecule has 2 fully saturated rings. The van der Waals surface area contributed by atoms with Crippen molar-refractivity contribution in [3.63, 3.8) is 0 Å². The predicted molar refractivity (Wildman–Crippen MR) is 79.5 cm³/mol. The van der Waals surface area contributed by atoms with Crippen LogP contribution in [0.25, 0.3) is 0 Å². The molecule has 0 spiro atoms. The van der Waals surface area contributed by atoms with Crippen LogP contribution in [0.4, 0.5) is 0 Å². The molecule has 0 bridgehead atoms. The van der Waals surface area contributed by atoms with Crippen LogP contribution in [0.2, 0.25) is 0 Å². The molecule has 114 valence electrons. The first-order valence-corrected chi connectivity index (χ1v) is 9.08. The Morgan fingerprint density at radius 1 is 1.24 bits per heavy atom. The number of ketones is 1. The highest BCUT2D eigenvalue weighted by Crippen LogP contribution is 2.26. The Kier molecular flexibility index (Phi) is 3.99. The van der Waals surface area contributed by atoms with Gasteiger partial charge in [-0.05, 0) is 37.1 Å². The lowest BCUT2D eigenvalue weighted by Crippen LogP contribution is -2.45. The van der Waals surface area contributed by atoms with Crippen molar-refractivity contribution in [1.82, 2.24) is 5.32 Å². The Hall–Kier alpha value is -1.40. The highest BCUT2D eigenvalue weighted by Gasteiger charge is 2.26. The van der Waals surface area contributed by atoms with Gasteiger partial charge in [0.2, 0.25) is 0 Å². The number of benzene rings is 1. The van der Waals surface area contributed by atoms with E-state index < -0.39 is 9.84 Å². The smallest absolute Gasteiger partial charge is 0.164 e. The van der Waals surface area contributed by atoms with E-state index in [1.807, 2.05) is 0 Å². The number of carbonyl (C=O) groups is 1. The molecule has 1 unspecified atom stereocenters. The fourth-order valence-electron chi connectivity index (χ4n) is 2.44. The van der Waals surface area contributed by atoms with Gasteiger partial charge < -0.3 is 10.1 Å². The molecule has 3 rings (SSSR count). The van der Waals surface area contributed by atoms with E-state index in [0.29, 0.717) is 18.2 Å². The van der Waals surface area contributed by atoms with Crippen LogP contribution in [0.15, 0.2) is 24.3 Å². The van der Waals surface area contributed by atoms with Crippen LogP contribution in [-0.2, 0) is 9.84 Å². The van der Waals surface area contributed by atoms with Crippen LogP contribution in [0.5, 0.6) is 5.75 Å². The minimum absolute atomic E-state index is 0.0393. The largest absolute Gasteiger partial charge is 0.490 e. The molecule has 1 aromatic carbocycles. The topological polar surface area (TPSA) is 72.5 Å². The summed E-state index contributed by atoms with van der Waals surface area (Å²) in [6, 6.07) is 6.82.